The molecule has 1 aromatic rings. The van der Waals surface area contributed by atoms with Gasteiger partial charge in [0.2, 0.25) is 5.91 Å². The minimum Gasteiger partial charge on any atom is -0.478 e. The van der Waals surface area contributed by atoms with Crippen LogP contribution in [0.5, 0.6) is 0 Å². The second-order valence-corrected chi connectivity index (χ2v) is 4.40. The summed E-state index contributed by atoms with van der Waals surface area (Å²) in [6.45, 7) is 2.44. The van der Waals surface area contributed by atoms with Gasteiger partial charge in [0.1, 0.15) is 0 Å². The Morgan fingerprint density at radius 2 is 2.22 bits per heavy atom. The first kappa shape index (κ1) is 12.6. The number of carboxylic acids is 1. The zero-order valence-corrected chi connectivity index (χ0v) is 10.2. The molecular weight excluding hydrogens is 232 g/mol. The summed E-state index contributed by atoms with van der Waals surface area (Å²) in [5.74, 6) is -1.05. The summed E-state index contributed by atoms with van der Waals surface area (Å²) < 4.78 is 0. The molecule has 5 nitrogen and oxygen atoms in total. The van der Waals surface area contributed by atoms with Gasteiger partial charge in [-0.3, -0.25) is 4.79 Å². The third kappa shape index (κ3) is 2.09. The molecule has 2 rings (SSSR count). The monoisotopic (exact) mass is 248 g/mol. The highest BCUT2D eigenvalue weighted by Crippen LogP contribution is 2.29. The molecule has 0 saturated carbocycles. The third-order valence-corrected chi connectivity index (χ3v) is 3.25. The quantitative estimate of drug-likeness (QED) is 0.836. The lowest BCUT2D eigenvalue weighted by Crippen LogP contribution is -2.42. The van der Waals surface area contributed by atoms with Gasteiger partial charge >= 0.3 is 5.97 Å². The minimum atomic E-state index is -0.951. The predicted octanol–water partition coefficient (Wildman–Crippen LogP) is 1.01. The number of carbonyl (C=O) groups is 2. The van der Waals surface area contributed by atoms with Crippen LogP contribution < -0.4 is 10.6 Å². The van der Waals surface area contributed by atoms with Gasteiger partial charge in [-0.25, -0.2) is 4.79 Å². The van der Waals surface area contributed by atoms with Gasteiger partial charge in [0, 0.05) is 12.2 Å². The van der Waals surface area contributed by atoms with Crippen LogP contribution in [0.4, 0.5) is 5.69 Å². The number of anilines is 1. The van der Waals surface area contributed by atoms with E-state index in [4.69, 9.17) is 10.8 Å². The first-order valence-electron chi connectivity index (χ1n) is 5.97. The van der Waals surface area contributed by atoms with Gasteiger partial charge < -0.3 is 15.7 Å². The molecule has 1 aliphatic rings. The van der Waals surface area contributed by atoms with E-state index >= 15 is 0 Å². The smallest absolute Gasteiger partial charge is 0.335 e. The van der Waals surface area contributed by atoms with E-state index in [1.807, 2.05) is 6.92 Å². The molecule has 0 aromatic heterocycles. The van der Waals surface area contributed by atoms with E-state index in [9.17, 15) is 9.59 Å². The van der Waals surface area contributed by atoms with Crippen molar-refractivity contribution in [3.8, 4) is 0 Å². The highest BCUT2D eigenvalue weighted by atomic mass is 16.4. The molecule has 0 radical (unpaired) electrons. The van der Waals surface area contributed by atoms with Crippen molar-refractivity contribution in [3.63, 3.8) is 0 Å². The first-order chi connectivity index (χ1) is 8.54. The van der Waals surface area contributed by atoms with E-state index in [2.05, 4.69) is 0 Å². The molecule has 0 unspecified atom stereocenters. The predicted molar refractivity (Wildman–Crippen MR) is 67.7 cm³/mol. The van der Waals surface area contributed by atoms with E-state index < -0.39 is 12.0 Å². The van der Waals surface area contributed by atoms with Crippen LogP contribution in [0, 0.1) is 0 Å². The van der Waals surface area contributed by atoms with Crippen molar-refractivity contribution in [3.05, 3.63) is 29.3 Å². The van der Waals surface area contributed by atoms with Gasteiger partial charge in [0.25, 0.3) is 0 Å². The Morgan fingerprint density at radius 3 is 2.83 bits per heavy atom. The standard InChI is InChI=1S/C13H16N2O3/c1-2-10(14)12(16)15-6-5-8-7-9(13(17)18)3-4-11(8)15/h3-4,7,10H,2,5-6,14H2,1H3,(H,17,18)/t10-/m1/s1. The zero-order valence-electron chi connectivity index (χ0n) is 10.2. The number of fused-ring (bicyclic) bond motifs is 1. The van der Waals surface area contributed by atoms with Crippen molar-refractivity contribution in [2.24, 2.45) is 5.73 Å². The van der Waals surface area contributed by atoms with Crippen molar-refractivity contribution in [2.75, 3.05) is 11.4 Å². The second-order valence-electron chi connectivity index (χ2n) is 4.40. The molecule has 1 aliphatic heterocycles. The number of nitrogens with zero attached hydrogens (tertiary/aromatic N) is 1. The number of benzene rings is 1. The Morgan fingerprint density at radius 1 is 1.50 bits per heavy atom. The topological polar surface area (TPSA) is 83.6 Å². The number of amides is 1. The van der Waals surface area contributed by atoms with E-state index in [-0.39, 0.29) is 11.5 Å². The number of carboxylic acid groups (broad SMARTS) is 1. The summed E-state index contributed by atoms with van der Waals surface area (Å²) in [6, 6.07) is 4.34. The van der Waals surface area contributed by atoms with Crippen LogP contribution in [-0.2, 0) is 11.2 Å². The lowest BCUT2D eigenvalue weighted by atomic mass is 10.1. The molecule has 0 spiro atoms. The van der Waals surface area contributed by atoms with Crippen molar-refractivity contribution < 1.29 is 14.7 Å². The number of aromatic carboxylic acids is 1. The third-order valence-electron chi connectivity index (χ3n) is 3.25. The van der Waals surface area contributed by atoms with Gasteiger partial charge in [-0.15, -0.1) is 0 Å². The Kier molecular flexibility index (Phi) is 3.34. The van der Waals surface area contributed by atoms with E-state index in [0.717, 1.165) is 11.3 Å². The fourth-order valence-corrected chi connectivity index (χ4v) is 2.14. The molecule has 0 bridgehead atoms. The number of rotatable bonds is 3. The van der Waals surface area contributed by atoms with Gasteiger partial charge in [-0.1, -0.05) is 6.92 Å². The fourth-order valence-electron chi connectivity index (χ4n) is 2.14. The first-order valence-corrected chi connectivity index (χ1v) is 5.97. The normalized spacial score (nSPS) is 15.3. The molecule has 0 aliphatic carbocycles. The summed E-state index contributed by atoms with van der Waals surface area (Å²) in [7, 11) is 0. The SMILES string of the molecule is CC[C@@H](N)C(=O)N1CCc2cc(C(=O)O)ccc21. The lowest BCUT2D eigenvalue weighted by Gasteiger charge is -2.20. The van der Waals surface area contributed by atoms with Crippen LogP contribution in [0.1, 0.15) is 29.3 Å². The van der Waals surface area contributed by atoms with E-state index in [0.29, 0.717) is 19.4 Å². The van der Waals surface area contributed by atoms with Crippen LogP contribution >= 0.6 is 0 Å². The van der Waals surface area contributed by atoms with Crippen molar-refractivity contribution in [1.29, 1.82) is 0 Å². The molecule has 1 atom stereocenters. The van der Waals surface area contributed by atoms with Crippen LogP contribution in [0.2, 0.25) is 0 Å². The molecular formula is C13H16N2O3. The molecule has 5 heteroatoms. The summed E-state index contributed by atoms with van der Waals surface area (Å²) in [6.07, 6.45) is 1.27. The van der Waals surface area contributed by atoms with Gasteiger partial charge in [-0.05, 0) is 36.6 Å². The van der Waals surface area contributed by atoms with Crippen LogP contribution in [0.25, 0.3) is 0 Å². The van der Waals surface area contributed by atoms with E-state index in [1.54, 1.807) is 17.0 Å². The van der Waals surface area contributed by atoms with Crippen molar-refractivity contribution in [1.82, 2.24) is 0 Å². The zero-order chi connectivity index (χ0) is 13.3. The Balaban J connectivity index is 2.29. The lowest BCUT2D eigenvalue weighted by molar-refractivity contribution is -0.119. The highest BCUT2D eigenvalue weighted by Gasteiger charge is 2.28. The summed E-state index contributed by atoms with van der Waals surface area (Å²) >= 11 is 0. The molecule has 3 N–H and O–H groups in total. The summed E-state index contributed by atoms with van der Waals surface area (Å²) in [4.78, 5) is 24.6. The fraction of sp³-hybridized carbons (Fsp3) is 0.385. The van der Waals surface area contributed by atoms with Crippen molar-refractivity contribution >= 4 is 17.6 Å². The maximum atomic E-state index is 12.0. The number of nitrogens with two attached hydrogens (primary N) is 1. The number of hydrogen-bond acceptors (Lipinski definition) is 3. The van der Waals surface area contributed by atoms with Crippen LogP contribution in [-0.4, -0.2) is 29.6 Å². The molecule has 18 heavy (non-hydrogen) atoms. The Hall–Kier alpha value is -1.88. The molecule has 1 aromatic carbocycles. The van der Waals surface area contributed by atoms with E-state index in [1.165, 1.54) is 6.07 Å². The van der Waals surface area contributed by atoms with Gasteiger partial charge in [0.15, 0.2) is 0 Å². The maximum Gasteiger partial charge on any atom is 0.335 e. The van der Waals surface area contributed by atoms with Gasteiger partial charge in [0.05, 0.1) is 11.6 Å². The number of hydrogen-bond donors (Lipinski definition) is 2. The minimum absolute atomic E-state index is 0.0978. The maximum absolute atomic E-state index is 12.0. The molecule has 1 heterocycles. The average molecular weight is 248 g/mol. The largest absolute Gasteiger partial charge is 0.478 e. The molecule has 96 valence electrons. The average Bonchev–Trinajstić information content (AvgIpc) is 2.79. The molecule has 1 amide bonds. The second kappa shape index (κ2) is 4.78. The van der Waals surface area contributed by atoms with Crippen LogP contribution in [0.15, 0.2) is 18.2 Å². The van der Waals surface area contributed by atoms with Gasteiger partial charge in [-0.2, -0.15) is 0 Å². The summed E-state index contributed by atoms with van der Waals surface area (Å²) in [5.41, 5.74) is 7.68. The number of carbonyl (C=O) groups excluding carboxylic acids is 1. The molecule has 0 saturated heterocycles. The Labute approximate surface area is 105 Å². The highest BCUT2D eigenvalue weighted by molar-refractivity contribution is 5.99. The Bertz CT molecular complexity index is 499. The van der Waals surface area contributed by atoms with Crippen molar-refractivity contribution in [2.45, 2.75) is 25.8 Å². The molecule has 0 fully saturated rings. The summed E-state index contributed by atoms with van der Waals surface area (Å²) in [5, 5.41) is 8.92. The van der Waals surface area contributed by atoms with Crippen LogP contribution in [0.3, 0.4) is 0 Å².